The summed E-state index contributed by atoms with van der Waals surface area (Å²) >= 11 is 0. The molecule has 0 N–H and O–H groups in total. The standard InChI is InChI=1S/C14H25NO2/c1-2-13(12-6-4-3-5-7-12)14(16)15-8-10-17-11-9-15/h12-13H,2-11H2,1H3. The molecular formula is C14H25NO2. The van der Waals surface area contributed by atoms with E-state index in [2.05, 4.69) is 6.92 Å². The highest BCUT2D eigenvalue weighted by Crippen LogP contribution is 2.32. The number of carbonyl (C=O) groups excluding carboxylic acids is 1. The number of nitrogens with zero attached hydrogens (tertiary/aromatic N) is 1. The molecule has 0 bridgehead atoms. The molecule has 1 saturated carbocycles. The first-order valence-corrected chi connectivity index (χ1v) is 7.19. The maximum absolute atomic E-state index is 12.5. The van der Waals surface area contributed by atoms with Gasteiger partial charge in [0.05, 0.1) is 13.2 Å². The molecule has 1 aliphatic heterocycles. The molecule has 98 valence electrons. The summed E-state index contributed by atoms with van der Waals surface area (Å²) in [7, 11) is 0. The van der Waals surface area contributed by atoms with Crippen LogP contribution in [0.2, 0.25) is 0 Å². The molecule has 17 heavy (non-hydrogen) atoms. The predicted molar refractivity (Wildman–Crippen MR) is 67.8 cm³/mol. The normalized spacial score (nSPS) is 24.6. The molecule has 2 fully saturated rings. The third-order valence-electron chi connectivity index (χ3n) is 4.30. The number of ether oxygens (including phenoxy) is 1. The molecule has 2 rings (SSSR count). The molecule has 1 heterocycles. The van der Waals surface area contributed by atoms with Crippen LogP contribution in [-0.2, 0) is 9.53 Å². The highest BCUT2D eigenvalue weighted by atomic mass is 16.5. The molecule has 3 heteroatoms. The van der Waals surface area contributed by atoms with Crippen molar-refractivity contribution in [3.8, 4) is 0 Å². The van der Waals surface area contributed by atoms with Crippen LogP contribution in [0.1, 0.15) is 45.4 Å². The van der Waals surface area contributed by atoms with E-state index in [0.717, 1.165) is 19.5 Å². The second-order valence-electron chi connectivity index (χ2n) is 5.35. The van der Waals surface area contributed by atoms with Gasteiger partial charge in [-0.15, -0.1) is 0 Å². The van der Waals surface area contributed by atoms with E-state index in [1.54, 1.807) is 0 Å². The van der Waals surface area contributed by atoms with Gasteiger partial charge >= 0.3 is 0 Å². The molecule has 2 aliphatic rings. The van der Waals surface area contributed by atoms with Crippen LogP contribution >= 0.6 is 0 Å². The van der Waals surface area contributed by atoms with Crippen molar-refractivity contribution in [1.82, 2.24) is 4.90 Å². The molecule has 1 amide bonds. The number of morpholine rings is 1. The Morgan fingerprint density at radius 2 is 1.88 bits per heavy atom. The Hall–Kier alpha value is -0.570. The van der Waals surface area contributed by atoms with Gasteiger partial charge in [0.2, 0.25) is 5.91 Å². The van der Waals surface area contributed by atoms with Crippen LogP contribution in [0.3, 0.4) is 0 Å². The predicted octanol–water partition coefficient (Wildman–Crippen LogP) is 2.45. The Bertz CT molecular complexity index is 243. The maximum Gasteiger partial charge on any atom is 0.226 e. The summed E-state index contributed by atoms with van der Waals surface area (Å²) in [5.41, 5.74) is 0. The Kier molecular flexibility index (Phi) is 4.84. The van der Waals surface area contributed by atoms with Crippen molar-refractivity contribution in [2.45, 2.75) is 45.4 Å². The molecule has 1 atom stereocenters. The van der Waals surface area contributed by atoms with Gasteiger partial charge in [0, 0.05) is 19.0 Å². The van der Waals surface area contributed by atoms with Gasteiger partial charge in [0.1, 0.15) is 0 Å². The Balaban J connectivity index is 1.93. The van der Waals surface area contributed by atoms with E-state index in [9.17, 15) is 4.79 Å². The van der Waals surface area contributed by atoms with E-state index in [1.165, 1.54) is 32.1 Å². The van der Waals surface area contributed by atoms with E-state index in [1.807, 2.05) is 4.90 Å². The van der Waals surface area contributed by atoms with Crippen LogP contribution in [0.5, 0.6) is 0 Å². The largest absolute Gasteiger partial charge is 0.378 e. The molecule has 3 nitrogen and oxygen atoms in total. The zero-order valence-corrected chi connectivity index (χ0v) is 11.0. The van der Waals surface area contributed by atoms with Crippen molar-refractivity contribution in [2.24, 2.45) is 11.8 Å². The lowest BCUT2D eigenvalue weighted by Gasteiger charge is -2.35. The molecule has 0 aromatic heterocycles. The number of amides is 1. The monoisotopic (exact) mass is 239 g/mol. The first-order chi connectivity index (χ1) is 8.33. The fraction of sp³-hybridized carbons (Fsp3) is 0.929. The van der Waals surface area contributed by atoms with Gasteiger partial charge in [0.15, 0.2) is 0 Å². The lowest BCUT2D eigenvalue weighted by molar-refractivity contribution is -0.142. The fourth-order valence-electron chi connectivity index (χ4n) is 3.26. The summed E-state index contributed by atoms with van der Waals surface area (Å²) in [4.78, 5) is 14.5. The second-order valence-corrected chi connectivity index (χ2v) is 5.35. The molecule has 0 aromatic carbocycles. The van der Waals surface area contributed by atoms with E-state index in [-0.39, 0.29) is 5.92 Å². The van der Waals surface area contributed by atoms with Gasteiger partial charge in [-0.2, -0.15) is 0 Å². The lowest BCUT2D eigenvalue weighted by atomic mass is 9.78. The minimum absolute atomic E-state index is 0.272. The zero-order chi connectivity index (χ0) is 12.1. The van der Waals surface area contributed by atoms with Crippen LogP contribution in [0, 0.1) is 11.8 Å². The van der Waals surface area contributed by atoms with Gasteiger partial charge in [-0.05, 0) is 25.2 Å². The SMILES string of the molecule is CCC(C(=O)N1CCOCC1)C1CCCCC1. The average molecular weight is 239 g/mol. The highest BCUT2D eigenvalue weighted by molar-refractivity contribution is 5.79. The van der Waals surface area contributed by atoms with E-state index < -0.39 is 0 Å². The van der Waals surface area contributed by atoms with Crippen LogP contribution in [0.4, 0.5) is 0 Å². The Labute approximate surface area is 105 Å². The smallest absolute Gasteiger partial charge is 0.226 e. The van der Waals surface area contributed by atoms with Crippen molar-refractivity contribution < 1.29 is 9.53 Å². The third-order valence-corrected chi connectivity index (χ3v) is 4.30. The van der Waals surface area contributed by atoms with Crippen LogP contribution < -0.4 is 0 Å². The van der Waals surface area contributed by atoms with Crippen LogP contribution in [0.25, 0.3) is 0 Å². The van der Waals surface area contributed by atoms with Gasteiger partial charge in [-0.3, -0.25) is 4.79 Å². The first-order valence-electron chi connectivity index (χ1n) is 7.19. The quantitative estimate of drug-likeness (QED) is 0.757. The number of hydrogen-bond acceptors (Lipinski definition) is 2. The molecule has 0 aromatic rings. The first kappa shape index (κ1) is 12.9. The number of hydrogen-bond donors (Lipinski definition) is 0. The summed E-state index contributed by atoms with van der Waals surface area (Å²) < 4.78 is 5.31. The summed E-state index contributed by atoms with van der Waals surface area (Å²) in [6.45, 7) is 5.18. The van der Waals surface area contributed by atoms with Crippen LogP contribution in [-0.4, -0.2) is 37.1 Å². The van der Waals surface area contributed by atoms with Crippen molar-refractivity contribution in [3.63, 3.8) is 0 Å². The van der Waals surface area contributed by atoms with Gasteiger partial charge in [-0.25, -0.2) is 0 Å². The Morgan fingerprint density at radius 3 is 2.47 bits per heavy atom. The summed E-state index contributed by atoms with van der Waals surface area (Å²) in [6, 6.07) is 0. The molecule has 0 radical (unpaired) electrons. The minimum Gasteiger partial charge on any atom is -0.378 e. The molecule has 1 unspecified atom stereocenters. The van der Waals surface area contributed by atoms with Crippen molar-refractivity contribution >= 4 is 5.91 Å². The van der Waals surface area contributed by atoms with Crippen molar-refractivity contribution in [2.75, 3.05) is 26.3 Å². The van der Waals surface area contributed by atoms with Gasteiger partial charge in [-0.1, -0.05) is 26.2 Å². The number of carbonyl (C=O) groups is 1. The molecule has 1 saturated heterocycles. The maximum atomic E-state index is 12.5. The molecule has 1 aliphatic carbocycles. The highest BCUT2D eigenvalue weighted by Gasteiger charge is 2.31. The zero-order valence-electron chi connectivity index (χ0n) is 11.0. The average Bonchev–Trinajstić information content (AvgIpc) is 2.42. The summed E-state index contributed by atoms with van der Waals surface area (Å²) in [6.07, 6.45) is 7.51. The topological polar surface area (TPSA) is 29.5 Å². The van der Waals surface area contributed by atoms with E-state index in [4.69, 9.17) is 4.74 Å². The summed E-state index contributed by atoms with van der Waals surface area (Å²) in [5, 5.41) is 0. The van der Waals surface area contributed by atoms with Gasteiger partial charge < -0.3 is 9.64 Å². The molecule has 0 spiro atoms. The second kappa shape index (κ2) is 6.39. The fourth-order valence-corrected chi connectivity index (χ4v) is 3.26. The Morgan fingerprint density at radius 1 is 1.24 bits per heavy atom. The van der Waals surface area contributed by atoms with Crippen molar-refractivity contribution in [1.29, 1.82) is 0 Å². The molecular weight excluding hydrogens is 214 g/mol. The van der Waals surface area contributed by atoms with Gasteiger partial charge in [0.25, 0.3) is 0 Å². The van der Waals surface area contributed by atoms with E-state index >= 15 is 0 Å². The minimum atomic E-state index is 0.272. The third kappa shape index (κ3) is 3.21. The number of rotatable bonds is 3. The van der Waals surface area contributed by atoms with E-state index in [0.29, 0.717) is 25.0 Å². The lowest BCUT2D eigenvalue weighted by Crippen LogP contribution is -2.45. The van der Waals surface area contributed by atoms with Crippen LogP contribution in [0.15, 0.2) is 0 Å². The summed E-state index contributed by atoms with van der Waals surface area (Å²) in [5.74, 6) is 1.31. The van der Waals surface area contributed by atoms with Crippen molar-refractivity contribution in [3.05, 3.63) is 0 Å².